The lowest BCUT2D eigenvalue weighted by Gasteiger charge is -2.34. The van der Waals surface area contributed by atoms with Crippen molar-refractivity contribution in [3.05, 3.63) is 64.9 Å². The van der Waals surface area contributed by atoms with E-state index >= 15 is 0 Å². The molecule has 2 unspecified atom stereocenters. The van der Waals surface area contributed by atoms with Crippen molar-refractivity contribution in [3.8, 4) is 5.75 Å². The third-order valence-corrected chi connectivity index (χ3v) is 10.7. The molecular weight excluding hydrogens is 704 g/mol. The summed E-state index contributed by atoms with van der Waals surface area (Å²) >= 11 is 6.50. The van der Waals surface area contributed by atoms with Gasteiger partial charge in [-0.15, -0.1) is 0 Å². The molecule has 3 N–H and O–H groups in total. The first-order valence-electron chi connectivity index (χ1n) is 19.5. The number of hydrogen-bond donors (Lipinski definition) is 3. The van der Waals surface area contributed by atoms with Crippen LogP contribution in [0.5, 0.6) is 5.75 Å². The lowest BCUT2D eigenvalue weighted by atomic mass is 9.76. The molecule has 0 bridgehead atoms. The Bertz CT molecular complexity index is 1650. The van der Waals surface area contributed by atoms with Gasteiger partial charge < -0.3 is 30.3 Å². The number of ether oxygens (including phenoxy) is 2. The number of amides is 2. The molecule has 54 heavy (non-hydrogen) atoms. The molecule has 2 aromatic carbocycles. The Morgan fingerprint density at radius 1 is 0.852 bits per heavy atom. The first-order valence-corrected chi connectivity index (χ1v) is 19.8. The van der Waals surface area contributed by atoms with Gasteiger partial charge in [0.05, 0.1) is 17.3 Å². The van der Waals surface area contributed by atoms with Crippen LogP contribution in [0, 0.1) is 5.41 Å². The van der Waals surface area contributed by atoms with E-state index in [4.69, 9.17) is 21.1 Å². The Morgan fingerprint density at radius 3 is 2.20 bits per heavy atom. The summed E-state index contributed by atoms with van der Waals surface area (Å²) in [6.07, 6.45) is 8.65. The normalized spacial score (nSPS) is 15.0. The van der Waals surface area contributed by atoms with Crippen molar-refractivity contribution in [1.82, 2.24) is 10.2 Å². The van der Waals surface area contributed by atoms with Crippen molar-refractivity contribution in [1.29, 1.82) is 0 Å². The number of nitrogens with zero attached hydrogens (tertiary/aromatic N) is 1. The number of benzene rings is 2. The molecular formula is C43H63ClN4O6. The number of carbonyl (C=O) groups excluding carboxylic acids is 4. The highest BCUT2D eigenvalue weighted by Gasteiger charge is 2.43. The van der Waals surface area contributed by atoms with Gasteiger partial charge in [-0.05, 0) is 66.3 Å². The standard InChI is InChI=1S/C43H63ClN4O6/c1-11-14-15-16-19-36(50)54-40-45-24-25-48(40)37(38(51)41(4,5)6)39(52)47-33-28-30(21-22-32(33)44)46-35(49)18-17-26-53-34-23-20-29(42(7,8)12-2)27-31(34)43(9,10)13-3/h20-25,27-28,37,40,45H,11-19,26H2,1-10H3,(H,46,49)(H,47,52). The van der Waals surface area contributed by atoms with Crippen molar-refractivity contribution in [2.24, 2.45) is 5.41 Å². The number of rotatable bonds is 20. The molecule has 0 saturated heterocycles. The van der Waals surface area contributed by atoms with Crippen LogP contribution >= 0.6 is 11.6 Å². The van der Waals surface area contributed by atoms with Crippen LogP contribution in [0.4, 0.5) is 11.4 Å². The molecule has 11 heteroatoms. The molecule has 10 nitrogen and oxygen atoms in total. The molecule has 298 valence electrons. The van der Waals surface area contributed by atoms with Gasteiger partial charge in [0.2, 0.25) is 5.91 Å². The Morgan fingerprint density at radius 2 is 1.56 bits per heavy atom. The molecule has 0 fully saturated rings. The van der Waals surface area contributed by atoms with Crippen LogP contribution in [0.25, 0.3) is 0 Å². The van der Waals surface area contributed by atoms with Crippen LogP contribution in [0.3, 0.4) is 0 Å². The highest BCUT2D eigenvalue weighted by molar-refractivity contribution is 6.34. The Hall–Kier alpha value is -4.05. The number of Topliss-reactive ketones (excluding diaryl/α,β-unsaturated/α-hetero) is 1. The Kier molecular flexibility index (Phi) is 16.0. The summed E-state index contributed by atoms with van der Waals surface area (Å²) in [6.45, 7) is 21.0. The van der Waals surface area contributed by atoms with Crippen LogP contribution in [0.1, 0.15) is 138 Å². The minimum atomic E-state index is -1.35. The number of esters is 1. The number of anilines is 2. The van der Waals surface area contributed by atoms with Crippen LogP contribution in [0.15, 0.2) is 48.8 Å². The van der Waals surface area contributed by atoms with Gasteiger partial charge in [0.1, 0.15) is 5.75 Å². The number of nitrogens with one attached hydrogen (secondary N) is 3. The molecule has 2 aromatic rings. The first kappa shape index (κ1) is 44.3. The molecule has 2 amide bonds. The van der Waals surface area contributed by atoms with Crippen molar-refractivity contribution >= 4 is 46.5 Å². The van der Waals surface area contributed by atoms with Gasteiger partial charge in [-0.3, -0.25) is 19.2 Å². The summed E-state index contributed by atoms with van der Waals surface area (Å²) < 4.78 is 11.9. The first-order chi connectivity index (χ1) is 25.3. The smallest absolute Gasteiger partial charge is 0.309 e. The summed E-state index contributed by atoms with van der Waals surface area (Å²) in [6, 6.07) is 9.89. The van der Waals surface area contributed by atoms with E-state index in [1.807, 2.05) is 0 Å². The number of carbonyl (C=O) groups is 4. The average molecular weight is 767 g/mol. The predicted octanol–water partition coefficient (Wildman–Crippen LogP) is 9.61. The van der Waals surface area contributed by atoms with Crippen LogP contribution in [0.2, 0.25) is 5.02 Å². The Labute approximate surface area is 328 Å². The van der Waals surface area contributed by atoms with Gasteiger partial charge in [0, 0.05) is 41.9 Å². The van der Waals surface area contributed by atoms with E-state index in [9.17, 15) is 19.2 Å². The fraction of sp³-hybridized carbons (Fsp3) is 0.581. The van der Waals surface area contributed by atoms with Crippen LogP contribution in [-0.2, 0) is 34.7 Å². The number of unbranched alkanes of at least 4 members (excludes halogenated alkanes) is 3. The van der Waals surface area contributed by atoms with Crippen molar-refractivity contribution in [2.45, 2.75) is 150 Å². The van der Waals surface area contributed by atoms with Crippen molar-refractivity contribution < 1.29 is 28.7 Å². The van der Waals surface area contributed by atoms with Gasteiger partial charge in [-0.1, -0.05) is 112 Å². The maximum atomic E-state index is 13.9. The van der Waals surface area contributed by atoms with Crippen molar-refractivity contribution in [3.63, 3.8) is 0 Å². The summed E-state index contributed by atoms with van der Waals surface area (Å²) in [4.78, 5) is 54.7. The molecule has 1 heterocycles. The molecule has 0 spiro atoms. The van der Waals surface area contributed by atoms with Gasteiger partial charge in [0.25, 0.3) is 12.3 Å². The second kappa shape index (κ2) is 19.5. The van der Waals surface area contributed by atoms with Gasteiger partial charge >= 0.3 is 5.97 Å². The van der Waals surface area contributed by atoms with E-state index in [-0.39, 0.29) is 46.1 Å². The van der Waals surface area contributed by atoms with Gasteiger partial charge in [-0.2, -0.15) is 0 Å². The zero-order valence-electron chi connectivity index (χ0n) is 34.1. The highest BCUT2D eigenvalue weighted by Crippen LogP contribution is 2.38. The fourth-order valence-electron chi connectivity index (χ4n) is 5.91. The predicted molar refractivity (Wildman–Crippen MR) is 218 cm³/mol. The van der Waals surface area contributed by atoms with Gasteiger partial charge in [0.15, 0.2) is 11.8 Å². The summed E-state index contributed by atoms with van der Waals surface area (Å²) in [5.41, 5.74) is 2.18. The fourth-order valence-corrected chi connectivity index (χ4v) is 6.07. The maximum absolute atomic E-state index is 13.9. The number of halogens is 1. The van der Waals surface area contributed by atoms with Crippen molar-refractivity contribution in [2.75, 3.05) is 17.2 Å². The molecule has 0 aliphatic carbocycles. The molecule has 0 aromatic heterocycles. The largest absolute Gasteiger partial charge is 0.493 e. The molecule has 0 radical (unpaired) electrons. The zero-order chi connectivity index (χ0) is 40.3. The van der Waals surface area contributed by atoms with Crippen LogP contribution < -0.4 is 20.7 Å². The zero-order valence-corrected chi connectivity index (χ0v) is 34.9. The number of ketones is 1. The monoisotopic (exact) mass is 766 g/mol. The molecule has 3 rings (SSSR count). The van der Waals surface area contributed by atoms with E-state index in [2.05, 4.69) is 82.6 Å². The molecule has 1 aliphatic rings. The van der Waals surface area contributed by atoms with E-state index in [0.29, 0.717) is 25.1 Å². The second-order valence-electron chi connectivity index (χ2n) is 16.5. The SMILES string of the molecule is CCCCCCC(=O)OC1NC=CN1C(C(=O)Nc1cc(NC(=O)CCCOc2ccc(C(C)(C)CC)cc2C(C)(C)CC)ccc1Cl)C(=O)C(C)(C)C. The van der Waals surface area contributed by atoms with E-state index in [1.54, 1.807) is 39.0 Å². The third kappa shape index (κ3) is 12.2. The van der Waals surface area contributed by atoms with E-state index in [0.717, 1.165) is 37.9 Å². The quantitative estimate of drug-likeness (QED) is 0.0691. The topological polar surface area (TPSA) is 126 Å². The lowest BCUT2D eigenvalue weighted by molar-refractivity contribution is -0.163. The Balaban J connectivity index is 1.67. The molecule has 2 atom stereocenters. The van der Waals surface area contributed by atoms with E-state index in [1.165, 1.54) is 28.4 Å². The maximum Gasteiger partial charge on any atom is 0.309 e. The highest BCUT2D eigenvalue weighted by atomic mass is 35.5. The third-order valence-electron chi connectivity index (χ3n) is 10.3. The summed E-state index contributed by atoms with van der Waals surface area (Å²) in [5.74, 6) is -0.849. The number of hydrogen-bond acceptors (Lipinski definition) is 8. The lowest BCUT2D eigenvalue weighted by Crippen LogP contribution is -2.55. The second-order valence-corrected chi connectivity index (χ2v) is 16.9. The average Bonchev–Trinajstić information content (AvgIpc) is 3.56. The minimum Gasteiger partial charge on any atom is -0.493 e. The summed E-state index contributed by atoms with van der Waals surface area (Å²) in [7, 11) is 0. The van der Waals surface area contributed by atoms with Gasteiger partial charge in [-0.25, -0.2) is 0 Å². The van der Waals surface area contributed by atoms with E-state index < -0.39 is 29.7 Å². The van der Waals surface area contributed by atoms with Crippen LogP contribution in [-0.4, -0.2) is 47.5 Å². The molecule has 1 aliphatic heterocycles. The molecule has 0 saturated carbocycles. The minimum absolute atomic E-state index is 0.0560. The summed E-state index contributed by atoms with van der Waals surface area (Å²) in [5, 5.41) is 8.81.